The van der Waals surface area contributed by atoms with Crippen LogP contribution < -0.4 is 0 Å². The van der Waals surface area contributed by atoms with E-state index in [9.17, 15) is 4.39 Å². The first kappa shape index (κ1) is 18.0. The fraction of sp³-hybridized carbons (Fsp3) is 0.333. The lowest BCUT2D eigenvalue weighted by Gasteiger charge is -2.31. The number of hydrogen-bond donors (Lipinski definition) is 0. The average molecular weight is 362 g/mol. The molecule has 1 aliphatic rings. The molecule has 0 saturated heterocycles. The van der Waals surface area contributed by atoms with Gasteiger partial charge in [0, 0.05) is 31.5 Å². The Kier molecular flexibility index (Phi) is 5.13. The molecule has 140 valence electrons. The van der Waals surface area contributed by atoms with Gasteiger partial charge >= 0.3 is 0 Å². The molecule has 1 aromatic heterocycles. The summed E-state index contributed by atoms with van der Waals surface area (Å²) >= 11 is 0. The molecule has 2 nitrogen and oxygen atoms in total. The lowest BCUT2D eigenvalue weighted by atomic mass is 9.99. The van der Waals surface area contributed by atoms with Gasteiger partial charge < -0.3 is 4.57 Å². The first-order valence-corrected chi connectivity index (χ1v) is 9.85. The van der Waals surface area contributed by atoms with Crippen molar-refractivity contribution in [3.63, 3.8) is 0 Å². The first-order chi connectivity index (χ1) is 13.1. The van der Waals surface area contributed by atoms with E-state index in [1.807, 2.05) is 12.1 Å². The smallest absolute Gasteiger partial charge is 0.123 e. The van der Waals surface area contributed by atoms with Crippen LogP contribution in [0.4, 0.5) is 4.39 Å². The third-order valence-corrected chi connectivity index (χ3v) is 5.55. The summed E-state index contributed by atoms with van der Waals surface area (Å²) < 4.78 is 16.3. The molecule has 2 aromatic carbocycles. The molecule has 0 aliphatic carbocycles. The molecule has 1 aliphatic heterocycles. The van der Waals surface area contributed by atoms with E-state index >= 15 is 0 Å². The molecule has 4 rings (SSSR count). The zero-order valence-corrected chi connectivity index (χ0v) is 16.1. The van der Waals surface area contributed by atoms with Crippen LogP contribution in [-0.2, 0) is 13.1 Å². The summed E-state index contributed by atoms with van der Waals surface area (Å²) in [4.78, 5) is 2.48. The molecule has 0 radical (unpaired) electrons. The Bertz CT molecular complexity index is 895. The van der Waals surface area contributed by atoms with E-state index in [0.717, 1.165) is 31.6 Å². The van der Waals surface area contributed by atoms with Gasteiger partial charge in [0.05, 0.1) is 6.04 Å². The van der Waals surface area contributed by atoms with Gasteiger partial charge in [0.15, 0.2) is 0 Å². The van der Waals surface area contributed by atoms with E-state index in [2.05, 4.69) is 65.9 Å². The van der Waals surface area contributed by atoms with Gasteiger partial charge in [-0.2, -0.15) is 0 Å². The van der Waals surface area contributed by atoms with E-state index in [1.165, 1.54) is 22.9 Å². The Balaban J connectivity index is 1.68. The van der Waals surface area contributed by atoms with Crippen molar-refractivity contribution >= 4 is 0 Å². The highest BCUT2D eigenvalue weighted by Gasteiger charge is 2.27. The summed E-state index contributed by atoms with van der Waals surface area (Å²) in [6.45, 7) is 7.31. The van der Waals surface area contributed by atoms with Crippen molar-refractivity contribution in [3.8, 4) is 0 Å². The molecule has 3 aromatic rings. The fourth-order valence-electron chi connectivity index (χ4n) is 4.11. The van der Waals surface area contributed by atoms with Gasteiger partial charge in [-0.15, -0.1) is 0 Å². The second kappa shape index (κ2) is 7.69. The quantitative estimate of drug-likeness (QED) is 0.574. The van der Waals surface area contributed by atoms with Crippen LogP contribution in [-0.4, -0.2) is 16.0 Å². The van der Waals surface area contributed by atoms with E-state index in [-0.39, 0.29) is 11.9 Å². The number of nitrogens with zero attached hydrogens (tertiary/aromatic N) is 2. The maximum Gasteiger partial charge on any atom is 0.123 e. The highest BCUT2D eigenvalue weighted by Crippen LogP contribution is 2.33. The largest absolute Gasteiger partial charge is 0.350 e. The van der Waals surface area contributed by atoms with Crippen molar-refractivity contribution in [1.29, 1.82) is 0 Å². The van der Waals surface area contributed by atoms with Crippen LogP contribution in [0.3, 0.4) is 0 Å². The molecule has 27 heavy (non-hydrogen) atoms. The Morgan fingerprint density at radius 1 is 1.00 bits per heavy atom. The summed E-state index contributed by atoms with van der Waals surface area (Å²) in [6, 6.07) is 20.4. The van der Waals surface area contributed by atoms with Crippen molar-refractivity contribution < 1.29 is 4.39 Å². The van der Waals surface area contributed by atoms with Gasteiger partial charge in [-0.1, -0.05) is 50.2 Å². The predicted molar refractivity (Wildman–Crippen MR) is 108 cm³/mol. The molecule has 3 heteroatoms. The molecule has 0 saturated carbocycles. The van der Waals surface area contributed by atoms with E-state index in [1.54, 1.807) is 6.07 Å². The van der Waals surface area contributed by atoms with Crippen LogP contribution in [0.5, 0.6) is 0 Å². The lowest BCUT2D eigenvalue weighted by Crippen LogP contribution is -2.29. The summed E-state index contributed by atoms with van der Waals surface area (Å²) in [6.07, 6.45) is 3.24. The van der Waals surface area contributed by atoms with Crippen LogP contribution in [0, 0.1) is 5.82 Å². The maximum atomic E-state index is 14.0. The van der Waals surface area contributed by atoms with Crippen LogP contribution >= 0.6 is 0 Å². The molecule has 0 N–H and O–H groups in total. The van der Waals surface area contributed by atoms with Crippen LogP contribution in [0.15, 0.2) is 66.9 Å². The van der Waals surface area contributed by atoms with Crippen molar-refractivity contribution in [1.82, 2.24) is 9.47 Å². The van der Waals surface area contributed by atoms with Crippen molar-refractivity contribution in [2.75, 3.05) is 6.54 Å². The Labute approximate surface area is 161 Å². The van der Waals surface area contributed by atoms with Gasteiger partial charge in [-0.3, -0.25) is 4.90 Å². The van der Waals surface area contributed by atoms with E-state index in [4.69, 9.17) is 0 Å². The van der Waals surface area contributed by atoms with Crippen LogP contribution in [0.25, 0.3) is 0 Å². The molecule has 0 fully saturated rings. The number of aryl methyl sites for hydroxylation is 1. The van der Waals surface area contributed by atoms with Crippen molar-refractivity contribution in [2.24, 2.45) is 0 Å². The second-order valence-corrected chi connectivity index (χ2v) is 7.80. The van der Waals surface area contributed by atoms with Gasteiger partial charge in [-0.25, -0.2) is 4.39 Å². The molecule has 0 spiro atoms. The first-order valence-electron chi connectivity index (χ1n) is 9.85. The Morgan fingerprint density at radius 3 is 2.56 bits per heavy atom. The number of fused-ring (bicyclic) bond motifs is 1. The predicted octanol–water partition coefficient (Wildman–Crippen LogP) is 5.75. The minimum Gasteiger partial charge on any atom is -0.350 e. The second-order valence-electron chi connectivity index (χ2n) is 7.80. The lowest BCUT2D eigenvalue weighted by molar-refractivity contribution is 0.220. The molecule has 0 bridgehead atoms. The van der Waals surface area contributed by atoms with Gasteiger partial charge in [0.25, 0.3) is 0 Å². The molecule has 2 heterocycles. The van der Waals surface area contributed by atoms with Crippen molar-refractivity contribution in [2.45, 2.75) is 45.3 Å². The van der Waals surface area contributed by atoms with Gasteiger partial charge in [0.1, 0.15) is 5.82 Å². The van der Waals surface area contributed by atoms with Crippen LogP contribution in [0.1, 0.15) is 54.6 Å². The maximum absolute atomic E-state index is 14.0. The Hall–Kier alpha value is -2.39. The number of rotatable bonds is 4. The molecule has 1 atom stereocenters. The number of hydrogen-bond acceptors (Lipinski definition) is 1. The van der Waals surface area contributed by atoms with Gasteiger partial charge in [-0.05, 0) is 53.3 Å². The molecule has 0 amide bonds. The fourth-order valence-corrected chi connectivity index (χ4v) is 4.11. The molecular weight excluding hydrogens is 335 g/mol. The standard InChI is InChI=1S/C24H27FN2/c1-18(2)20-11-9-19(10-12-20)17-27-15-5-14-26-13-4-8-23(26)24(27)21-6-3-7-22(25)16-21/h3-4,6-13,16,18,24H,5,14-15,17H2,1-2H3/t24-/m1/s1. The number of benzene rings is 2. The highest BCUT2D eigenvalue weighted by atomic mass is 19.1. The molecule has 0 unspecified atom stereocenters. The molecular formula is C24H27FN2. The topological polar surface area (TPSA) is 8.17 Å². The van der Waals surface area contributed by atoms with Crippen LogP contribution in [0.2, 0.25) is 0 Å². The normalized spacial score (nSPS) is 17.7. The zero-order valence-electron chi connectivity index (χ0n) is 16.1. The number of halogens is 1. The average Bonchev–Trinajstić information content (AvgIpc) is 3.03. The summed E-state index contributed by atoms with van der Waals surface area (Å²) in [5.74, 6) is 0.372. The summed E-state index contributed by atoms with van der Waals surface area (Å²) in [5.41, 5.74) is 4.94. The van der Waals surface area contributed by atoms with Crippen molar-refractivity contribution in [3.05, 3.63) is 95.1 Å². The summed E-state index contributed by atoms with van der Waals surface area (Å²) in [5, 5.41) is 0. The highest BCUT2D eigenvalue weighted by molar-refractivity contribution is 5.31. The third-order valence-electron chi connectivity index (χ3n) is 5.55. The Morgan fingerprint density at radius 2 is 1.81 bits per heavy atom. The summed E-state index contributed by atoms with van der Waals surface area (Å²) in [7, 11) is 0. The zero-order chi connectivity index (χ0) is 18.8. The monoisotopic (exact) mass is 362 g/mol. The van der Waals surface area contributed by atoms with E-state index in [0.29, 0.717) is 5.92 Å². The number of aromatic nitrogens is 1. The third kappa shape index (κ3) is 3.84. The van der Waals surface area contributed by atoms with E-state index < -0.39 is 0 Å². The van der Waals surface area contributed by atoms with Gasteiger partial charge in [0.2, 0.25) is 0 Å². The minimum absolute atomic E-state index is 0.0722. The SMILES string of the molecule is CC(C)c1ccc(CN2CCCn3cccc3[C@H]2c2cccc(F)c2)cc1. The minimum atomic E-state index is -0.170.